The van der Waals surface area contributed by atoms with E-state index in [9.17, 15) is 4.79 Å². The van der Waals surface area contributed by atoms with Gasteiger partial charge in [-0.1, -0.05) is 0 Å². The molecule has 0 aromatic carbocycles. The molecule has 2 saturated carbocycles. The fraction of sp³-hybridized carbons (Fsp3) is 0.846. The number of hydrogen-bond donors (Lipinski definition) is 2. The summed E-state index contributed by atoms with van der Waals surface area (Å²) in [6.07, 6.45) is 4.61. The number of nitrogens with zero attached hydrogens (tertiary/aromatic N) is 1. The van der Waals surface area contributed by atoms with Gasteiger partial charge < -0.3 is 5.32 Å². The van der Waals surface area contributed by atoms with Crippen molar-refractivity contribution < 1.29 is 4.79 Å². The van der Waals surface area contributed by atoms with E-state index in [1.807, 2.05) is 0 Å². The molecule has 0 aromatic heterocycles. The highest BCUT2D eigenvalue weighted by atomic mass is 16.2. The molecule has 2 bridgehead atoms. The van der Waals surface area contributed by atoms with Crippen molar-refractivity contribution in [3.63, 3.8) is 0 Å². The van der Waals surface area contributed by atoms with Crippen molar-refractivity contribution in [2.75, 3.05) is 0 Å². The van der Waals surface area contributed by atoms with Gasteiger partial charge in [-0.25, -0.2) is 4.99 Å². The van der Waals surface area contributed by atoms with Gasteiger partial charge in [0.05, 0.1) is 0 Å². The topological polar surface area (TPSA) is 53.5 Å². The van der Waals surface area contributed by atoms with Gasteiger partial charge in [-0.3, -0.25) is 10.1 Å². The Morgan fingerprint density at radius 1 is 1.41 bits per heavy atom. The van der Waals surface area contributed by atoms with Gasteiger partial charge in [0.25, 0.3) is 5.91 Å². The third kappa shape index (κ3) is 1.65. The maximum absolute atomic E-state index is 12.2. The Kier molecular flexibility index (Phi) is 2.11. The highest BCUT2D eigenvalue weighted by molar-refractivity contribution is 6.08. The number of carbonyl (C=O) groups is 1. The van der Waals surface area contributed by atoms with E-state index in [0.717, 1.165) is 12.3 Å². The molecule has 1 amide bonds. The summed E-state index contributed by atoms with van der Waals surface area (Å²) in [5.74, 6) is 2.00. The highest BCUT2D eigenvalue weighted by Crippen LogP contribution is 2.53. The number of nitrogens with one attached hydrogen (secondary N) is 2. The molecule has 0 radical (unpaired) electrons. The molecule has 1 spiro atoms. The summed E-state index contributed by atoms with van der Waals surface area (Å²) < 4.78 is 0. The molecule has 3 atom stereocenters. The van der Waals surface area contributed by atoms with E-state index in [0.29, 0.717) is 11.9 Å². The largest absolute Gasteiger partial charge is 0.351 e. The van der Waals surface area contributed by atoms with Crippen molar-refractivity contribution in [3.8, 4) is 0 Å². The van der Waals surface area contributed by atoms with E-state index in [2.05, 4.69) is 31.4 Å². The predicted octanol–water partition coefficient (Wildman–Crippen LogP) is 1.42. The van der Waals surface area contributed by atoms with E-state index in [1.165, 1.54) is 19.3 Å². The summed E-state index contributed by atoms with van der Waals surface area (Å²) in [5, 5.41) is 6.21. The van der Waals surface area contributed by atoms with Crippen molar-refractivity contribution >= 4 is 11.9 Å². The Hall–Kier alpha value is -1.06. The molecule has 2 fully saturated rings. The monoisotopic (exact) mass is 235 g/mol. The lowest BCUT2D eigenvalue weighted by Crippen LogP contribution is -2.48. The number of rotatable bonds is 0. The first kappa shape index (κ1) is 11.1. The number of carbonyl (C=O) groups excluding carboxylic acids is 1. The minimum atomic E-state index is -0.420. The van der Waals surface area contributed by atoms with Gasteiger partial charge in [0.1, 0.15) is 5.54 Å². The molecular weight excluding hydrogens is 214 g/mol. The van der Waals surface area contributed by atoms with Gasteiger partial charge >= 0.3 is 0 Å². The van der Waals surface area contributed by atoms with Crippen LogP contribution in [0.25, 0.3) is 0 Å². The molecule has 3 rings (SSSR count). The molecule has 1 heterocycles. The lowest BCUT2D eigenvalue weighted by atomic mass is 9.81. The van der Waals surface area contributed by atoms with Crippen LogP contribution in [0.4, 0.5) is 0 Å². The van der Waals surface area contributed by atoms with Gasteiger partial charge in [0.2, 0.25) is 0 Å². The summed E-state index contributed by atoms with van der Waals surface area (Å²) in [6.45, 7) is 6.23. The Balaban J connectivity index is 1.85. The molecule has 94 valence electrons. The summed E-state index contributed by atoms with van der Waals surface area (Å²) in [6, 6.07) is 0. The molecule has 0 aromatic rings. The van der Waals surface area contributed by atoms with Crippen LogP contribution in [0.3, 0.4) is 0 Å². The Labute approximate surface area is 102 Å². The van der Waals surface area contributed by atoms with Crippen LogP contribution in [0.15, 0.2) is 4.99 Å². The zero-order valence-corrected chi connectivity index (χ0v) is 10.8. The van der Waals surface area contributed by atoms with Gasteiger partial charge in [0, 0.05) is 5.54 Å². The minimum Gasteiger partial charge on any atom is -0.351 e. The molecule has 3 aliphatic rings. The van der Waals surface area contributed by atoms with Gasteiger partial charge in [-0.05, 0) is 58.3 Å². The van der Waals surface area contributed by atoms with E-state index in [1.54, 1.807) is 0 Å². The minimum absolute atomic E-state index is 0.0603. The Morgan fingerprint density at radius 2 is 2.18 bits per heavy atom. The van der Waals surface area contributed by atoms with Crippen LogP contribution >= 0.6 is 0 Å². The zero-order valence-electron chi connectivity index (χ0n) is 10.8. The lowest BCUT2D eigenvalue weighted by molar-refractivity contribution is -0.125. The molecule has 0 saturated heterocycles. The van der Waals surface area contributed by atoms with Crippen LogP contribution in [0, 0.1) is 11.8 Å². The van der Waals surface area contributed by atoms with E-state index >= 15 is 0 Å². The fourth-order valence-corrected chi connectivity index (χ4v) is 3.62. The van der Waals surface area contributed by atoms with Gasteiger partial charge in [-0.15, -0.1) is 0 Å². The first-order chi connectivity index (χ1) is 7.89. The number of hydrogen-bond acceptors (Lipinski definition) is 3. The van der Waals surface area contributed by atoms with Crippen molar-refractivity contribution in [2.24, 2.45) is 16.8 Å². The van der Waals surface area contributed by atoms with Crippen molar-refractivity contribution in [2.45, 2.75) is 57.5 Å². The summed E-state index contributed by atoms with van der Waals surface area (Å²) >= 11 is 0. The van der Waals surface area contributed by atoms with Crippen LogP contribution < -0.4 is 10.6 Å². The molecular formula is C13H21N3O. The molecule has 4 nitrogen and oxygen atoms in total. The molecule has 1 aliphatic heterocycles. The van der Waals surface area contributed by atoms with Crippen LogP contribution in [0.2, 0.25) is 0 Å². The summed E-state index contributed by atoms with van der Waals surface area (Å²) in [5.41, 5.74) is -0.480. The summed E-state index contributed by atoms with van der Waals surface area (Å²) in [4.78, 5) is 16.9. The Morgan fingerprint density at radius 3 is 2.71 bits per heavy atom. The second-order valence-corrected chi connectivity index (χ2v) is 6.79. The third-order valence-corrected chi connectivity index (χ3v) is 4.25. The molecule has 17 heavy (non-hydrogen) atoms. The molecule has 3 unspecified atom stereocenters. The highest BCUT2D eigenvalue weighted by Gasteiger charge is 2.58. The van der Waals surface area contributed by atoms with E-state index in [-0.39, 0.29) is 11.4 Å². The zero-order chi connectivity index (χ0) is 12.3. The standard InChI is InChI=1S/C13H21N3O/c1-12(2,3)15-11-14-10(17)13(16-11)7-8-4-5-9(13)6-8/h8-9H,4-7H2,1-3H3,(H2,14,15,16,17). The normalized spacial score (nSPS) is 39.7. The predicted molar refractivity (Wildman–Crippen MR) is 66.6 cm³/mol. The van der Waals surface area contributed by atoms with Crippen LogP contribution in [-0.4, -0.2) is 22.9 Å². The van der Waals surface area contributed by atoms with Crippen LogP contribution in [0.5, 0.6) is 0 Å². The second kappa shape index (κ2) is 3.24. The lowest BCUT2D eigenvalue weighted by Gasteiger charge is -2.27. The van der Waals surface area contributed by atoms with E-state index in [4.69, 9.17) is 4.99 Å². The molecule has 2 aliphatic carbocycles. The van der Waals surface area contributed by atoms with Crippen molar-refractivity contribution in [1.82, 2.24) is 10.6 Å². The quantitative estimate of drug-likeness (QED) is 0.667. The summed E-state index contributed by atoms with van der Waals surface area (Å²) in [7, 11) is 0. The second-order valence-electron chi connectivity index (χ2n) is 6.79. The molecule has 2 N–H and O–H groups in total. The smallest absolute Gasteiger partial charge is 0.255 e. The first-order valence-electron chi connectivity index (χ1n) is 6.58. The van der Waals surface area contributed by atoms with E-state index < -0.39 is 5.54 Å². The SMILES string of the molecule is CC(C)(C)NC1=NC2(CC3CCC2C3)C(=O)N1. The first-order valence-corrected chi connectivity index (χ1v) is 6.58. The average molecular weight is 235 g/mol. The van der Waals surface area contributed by atoms with Gasteiger partial charge in [-0.2, -0.15) is 0 Å². The average Bonchev–Trinajstić information content (AvgIpc) is 2.80. The number of guanidine groups is 1. The van der Waals surface area contributed by atoms with Crippen LogP contribution in [0.1, 0.15) is 46.5 Å². The maximum atomic E-state index is 12.2. The van der Waals surface area contributed by atoms with Crippen molar-refractivity contribution in [3.05, 3.63) is 0 Å². The fourth-order valence-electron chi connectivity index (χ4n) is 3.62. The number of aliphatic imine (C=N–C) groups is 1. The number of amides is 1. The van der Waals surface area contributed by atoms with Gasteiger partial charge in [0.15, 0.2) is 5.96 Å². The van der Waals surface area contributed by atoms with Crippen molar-refractivity contribution in [1.29, 1.82) is 0 Å². The Bertz CT molecular complexity index is 396. The number of fused-ring (bicyclic) bond motifs is 3. The van der Waals surface area contributed by atoms with Crippen LogP contribution in [-0.2, 0) is 4.79 Å². The molecule has 4 heteroatoms. The third-order valence-electron chi connectivity index (χ3n) is 4.25. The maximum Gasteiger partial charge on any atom is 0.255 e.